The fourth-order valence-electron chi connectivity index (χ4n) is 3.59. The van der Waals surface area contributed by atoms with Crippen molar-refractivity contribution in [2.45, 2.75) is 37.5 Å². The van der Waals surface area contributed by atoms with Crippen LogP contribution in [0.15, 0.2) is 54.6 Å². The molecule has 2 atom stereocenters. The van der Waals surface area contributed by atoms with Gasteiger partial charge in [0, 0.05) is 31.9 Å². The molecule has 2 aromatic carbocycles. The third-order valence-corrected chi connectivity index (χ3v) is 5.54. The molecule has 3 amide bonds. The molecule has 9 nitrogen and oxygen atoms in total. The number of anilines is 1. The second-order valence-electron chi connectivity index (χ2n) is 8.42. The molecule has 37 heavy (non-hydrogen) atoms. The van der Waals surface area contributed by atoms with Crippen molar-refractivity contribution in [3.63, 3.8) is 0 Å². The molecule has 0 fully saturated rings. The van der Waals surface area contributed by atoms with Crippen LogP contribution in [0.4, 0.5) is 18.9 Å². The summed E-state index contributed by atoms with van der Waals surface area (Å²) in [6.07, 6.45) is -4.36. The second kappa shape index (κ2) is 14.3. The topological polar surface area (TPSA) is 157 Å². The first-order valence-electron chi connectivity index (χ1n) is 11.8. The lowest BCUT2D eigenvalue weighted by Crippen LogP contribution is -2.52. The molecule has 0 spiro atoms. The predicted octanol–water partition coefficient (Wildman–Crippen LogP) is 1.22. The van der Waals surface area contributed by atoms with E-state index in [0.717, 1.165) is 17.7 Å². The average molecular weight is 523 g/mol. The van der Waals surface area contributed by atoms with Crippen molar-refractivity contribution >= 4 is 23.4 Å². The highest BCUT2D eigenvalue weighted by Crippen LogP contribution is 2.30. The second-order valence-corrected chi connectivity index (χ2v) is 8.42. The Morgan fingerprint density at radius 1 is 0.919 bits per heavy atom. The number of carbonyl (C=O) groups excluding carboxylic acids is 3. The van der Waals surface area contributed by atoms with Gasteiger partial charge in [0.1, 0.15) is 6.04 Å². The highest BCUT2D eigenvalue weighted by molar-refractivity contribution is 5.98. The van der Waals surface area contributed by atoms with E-state index in [1.807, 2.05) is 30.3 Å². The third-order valence-electron chi connectivity index (χ3n) is 5.54. The molecule has 0 aliphatic heterocycles. The molecular formula is C25H33F3N6O3. The highest BCUT2D eigenvalue weighted by atomic mass is 19.4. The molecule has 8 N–H and O–H groups in total. The summed E-state index contributed by atoms with van der Waals surface area (Å²) in [5.41, 5.74) is 16.9. The standard InChI is InChI=1S/C25H33F3N6O3/c26-25(27,28)18-7-4-8-19(15-18)32-24(37)21(10-9-17-5-2-1-3-6-17)33-23(36)20(31)16-22(35)34(13-11-29)14-12-30/h1-8,15,20-21H,9-14,16,29-31H2,(H,32,37)(H,33,36)/t20-,21-/m0/s1. The molecule has 0 aliphatic carbocycles. The van der Waals surface area contributed by atoms with Crippen molar-refractivity contribution in [3.05, 3.63) is 65.7 Å². The molecular weight excluding hydrogens is 489 g/mol. The number of carbonyl (C=O) groups is 3. The minimum absolute atomic E-state index is 0.0718. The molecule has 202 valence electrons. The van der Waals surface area contributed by atoms with Gasteiger partial charge in [-0.1, -0.05) is 36.4 Å². The SMILES string of the molecule is NCCN(CCN)C(=O)C[C@H](N)C(=O)N[C@@H](CCc1ccccc1)C(=O)Nc1cccc(C(F)(F)F)c1. The maximum atomic E-state index is 13.1. The molecule has 2 aromatic rings. The monoisotopic (exact) mass is 522 g/mol. The van der Waals surface area contributed by atoms with Crippen molar-refractivity contribution in [1.29, 1.82) is 0 Å². The number of nitrogens with two attached hydrogens (primary N) is 3. The van der Waals surface area contributed by atoms with Crippen molar-refractivity contribution in [1.82, 2.24) is 10.2 Å². The average Bonchev–Trinajstić information content (AvgIpc) is 2.86. The van der Waals surface area contributed by atoms with Gasteiger partial charge in [-0.25, -0.2) is 0 Å². The van der Waals surface area contributed by atoms with Gasteiger partial charge in [-0.3, -0.25) is 14.4 Å². The van der Waals surface area contributed by atoms with Crippen molar-refractivity contribution in [3.8, 4) is 0 Å². The molecule has 0 unspecified atom stereocenters. The molecule has 0 saturated carbocycles. The minimum Gasteiger partial charge on any atom is -0.343 e. The van der Waals surface area contributed by atoms with E-state index in [0.29, 0.717) is 6.42 Å². The van der Waals surface area contributed by atoms with E-state index in [1.165, 1.54) is 17.0 Å². The zero-order valence-corrected chi connectivity index (χ0v) is 20.3. The maximum Gasteiger partial charge on any atom is 0.416 e. The maximum absolute atomic E-state index is 13.1. The zero-order chi connectivity index (χ0) is 27.4. The van der Waals surface area contributed by atoms with Gasteiger partial charge >= 0.3 is 6.18 Å². The minimum atomic E-state index is -4.58. The largest absolute Gasteiger partial charge is 0.416 e. The number of rotatable bonds is 13. The third kappa shape index (κ3) is 9.83. The van der Waals surface area contributed by atoms with E-state index in [1.54, 1.807) is 0 Å². The van der Waals surface area contributed by atoms with Crippen molar-refractivity contribution in [2.75, 3.05) is 31.5 Å². The summed E-state index contributed by atoms with van der Waals surface area (Å²) < 4.78 is 39.2. The number of amides is 3. The van der Waals surface area contributed by atoms with Gasteiger partial charge in [-0.15, -0.1) is 0 Å². The molecule has 0 saturated heterocycles. The Morgan fingerprint density at radius 2 is 1.57 bits per heavy atom. The summed E-state index contributed by atoms with van der Waals surface area (Å²) in [4.78, 5) is 39.7. The van der Waals surface area contributed by atoms with Crippen LogP contribution in [0.2, 0.25) is 0 Å². The predicted molar refractivity (Wildman–Crippen MR) is 134 cm³/mol. The van der Waals surface area contributed by atoms with Crippen LogP contribution in [0.3, 0.4) is 0 Å². The van der Waals surface area contributed by atoms with Crippen LogP contribution in [0.5, 0.6) is 0 Å². The van der Waals surface area contributed by atoms with Crippen LogP contribution in [0.1, 0.15) is 24.0 Å². The Kier molecular flexibility index (Phi) is 11.5. The molecule has 0 radical (unpaired) electrons. The van der Waals surface area contributed by atoms with E-state index in [2.05, 4.69) is 10.6 Å². The number of alkyl halides is 3. The highest BCUT2D eigenvalue weighted by Gasteiger charge is 2.31. The number of benzene rings is 2. The van der Waals surface area contributed by atoms with Gasteiger partial charge in [0.15, 0.2) is 0 Å². The Labute approximate surface area is 213 Å². The van der Waals surface area contributed by atoms with E-state index in [4.69, 9.17) is 17.2 Å². The van der Waals surface area contributed by atoms with Gasteiger partial charge < -0.3 is 32.7 Å². The molecule has 0 aromatic heterocycles. The van der Waals surface area contributed by atoms with E-state index < -0.39 is 41.5 Å². The number of hydrogen-bond donors (Lipinski definition) is 5. The first-order chi connectivity index (χ1) is 17.5. The number of nitrogens with one attached hydrogen (secondary N) is 2. The van der Waals surface area contributed by atoms with Crippen LogP contribution >= 0.6 is 0 Å². The van der Waals surface area contributed by atoms with Gasteiger partial charge in [0.2, 0.25) is 17.7 Å². The fourth-order valence-corrected chi connectivity index (χ4v) is 3.59. The van der Waals surface area contributed by atoms with Crippen LogP contribution < -0.4 is 27.8 Å². The molecule has 12 heteroatoms. The first-order valence-corrected chi connectivity index (χ1v) is 11.8. The van der Waals surface area contributed by atoms with Crippen molar-refractivity contribution < 1.29 is 27.6 Å². The zero-order valence-electron chi connectivity index (χ0n) is 20.3. The van der Waals surface area contributed by atoms with Crippen LogP contribution in [0, 0.1) is 0 Å². The Morgan fingerprint density at radius 3 is 2.16 bits per heavy atom. The summed E-state index contributed by atoms with van der Waals surface area (Å²) >= 11 is 0. The number of nitrogens with zero attached hydrogens (tertiary/aromatic N) is 1. The first kappa shape index (κ1) is 29.7. The van der Waals surface area contributed by atoms with Gasteiger partial charge in [0.25, 0.3) is 0 Å². The summed E-state index contributed by atoms with van der Waals surface area (Å²) in [7, 11) is 0. The molecule has 0 aliphatic rings. The van der Waals surface area contributed by atoms with E-state index >= 15 is 0 Å². The molecule has 0 bridgehead atoms. The number of hydrogen-bond acceptors (Lipinski definition) is 6. The fraction of sp³-hybridized carbons (Fsp3) is 0.400. The Balaban J connectivity index is 2.13. The summed E-state index contributed by atoms with van der Waals surface area (Å²) in [5.74, 6) is -1.87. The summed E-state index contributed by atoms with van der Waals surface area (Å²) in [6, 6.07) is 11.0. The Hall–Kier alpha value is -3.48. The van der Waals surface area contributed by atoms with E-state index in [9.17, 15) is 27.6 Å². The quantitative estimate of drug-likeness (QED) is 0.266. The lowest BCUT2D eigenvalue weighted by molar-refractivity contribution is -0.137. The van der Waals surface area contributed by atoms with Crippen molar-refractivity contribution in [2.24, 2.45) is 17.2 Å². The summed E-state index contributed by atoms with van der Waals surface area (Å²) in [6.45, 7) is 0.932. The normalized spacial score (nSPS) is 12.9. The lowest BCUT2D eigenvalue weighted by Gasteiger charge is -2.24. The van der Waals surface area contributed by atoms with Crippen LogP contribution in [-0.4, -0.2) is 60.9 Å². The Bertz CT molecular complexity index is 1030. The molecule has 0 heterocycles. The van der Waals surface area contributed by atoms with Gasteiger partial charge in [-0.05, 0) is 36.6 Å². The van der Waals surface area contributed by atoms with E-state index in [-0.39, 0.29) is 44.7 Å². The van der Waals surface area contributed by atoms with Gasteiger partial charge in [-0.2, -0.15) is 13.2 Å². The summed E-state index contributed by atoms with van der Waals surface area (Å²) in [5, 5.41) is 4.97. The van der Waals surface area contributed by atoms with Crippen LogP contribution in [-0.2, 0) is 27.0 Å². The number of aryl methyl sites for hydroxylation is 1. The number of halogens is 3. The smallest absolute Gasteiger partial charge is 0.343 e. The van der Waals surface area contributed by atoms with Gasteiger partial charge in [0.05, 0.1) is 18.0 Å². The van der Waals surface area contributed by atoms with Crippen LogP contribution in [0.25, 0.3) is 0 Å². The molecule has 2 rings (SSSR count). The lowest BCUT2D eigenvalue weighted by atomic mass is 10.0.